The van der Waals surface area contributed by atoms with Crippen LogP contribution in [0.3, 0.4) is 0 Å². The van der Waals surface area contributed by atoms with Gasteiger partial charge in [0.1, 0.15) is 12.4 Å². The largest absolute Gasteiger partial charge is 0.485 e. The van der Waals surface area contributed by atoms with Crippen LogP contribution in [-0.4, -0.2) is 71.7 Å². The van der Waals surface area contributed by atoms with Crippen LogP contribution < -0.4 is 10.1 Å². The van der Waals surface area contributed by atoms with Gasteiger partial charge in [-0.1, -0.05) is 17.3 Å². The van der Waals surface area contributed by atoms with Crippen molar-refractivity contribution in [1.82, 2.24) is 15.0 Å². The molecule has 2 heterocycles. The van der Waals surface area contributed by atoms with Crippen LogP contribution in [0.2, 0.25) is 0 Å². The highest BCUT2D eigenvalue weighted by Crippen LogP contribution is 2.25. The average Bonchev–Trinajstić information content (AvgIpc) is 3.08. The molecule has 0 unspecified atom stereocenters. The van der Waals surface area contributed by atoms with Gasteiger partial charge in [0.25, 0.3) is 0 Å². The maximum atomic E-state index is 12.1. The molecule has 1 aromatic carbocycles. The lowest BCUT2D eigenvalue weighted by Crippen LogP contribution is -2.49. The molecule has 1 N–H and O–H groups in total. The van der Waals surface area contributed by atoms with Gasteiger partial charge in [-0.2, -0.15) is 0 Å². The second kappa shape index (κ2) is 9.29. The van der Waals surface area contributed by atoms with Crippen LogP contribution in [0.25, 0.3) is 0 Å². The molecule has 150 valence electrons. The number of hydrogen-bond donors (Lipinski definition) is 1. The highest BCUT2D eigenvalue weighted by atomic mass is 16.6. The smallest absolute Gasteiger partial charge is 0.310 e. The molecule has 10 heteroatoms. The van der Waals surface area contributed by atoms with Gasteiger partial charge in [-0.15, -0.1) is 0 Å². The number of rotatable bonds is 8. The van der Waals surface area contributed by atoms with Crippen LogP contribution in [0.5, 0.6) is 5.75 Å². The van der Waals surface area contributed by atoms with E-state index in [1.807, 2.05) is 0 Å². The van der Waals surface area contributed by atoms with Crippen LogP contribution in [-0.2, 0) is 4.79 Å². The number of ether oxygens (including phenoxy) is 1. The number of anilines is 1. The molecule has 1 aromatic heterocycles. The number of nitrogens with one attached hydrogen (secondary N) is 1. The Morgan fingerprint density at radius 3 is 2.68 bits per heavy atom. The Kier molecular flexibility index (Phi) is 6.56. The topological polar surface area (TPSA) is 114 Å². The Labute approximate surface area is 162 Å². The number of carbonyl (C=O) groups excluding carboxylic acids is 1. The Bertz CT molecular complexity index is 816. The molecule has 2 aromatic rings. The fraction of sp³-hybridized carbons (Fsp3) is 0.444. The molecule has 0 aliphatic carbocycles. The van der Waals surface area contributed by atoms with Gasteiger partial charge in [-0.05, 0) is 13.0 Å². The number of aryl methyl sites for hydroxylation is 1. The normalized spacial score (nSPS) is 15.3. The molecular formula is C18H23N5O5. The summed E-state index contributed by atoms with van der Waals surface area (Å²) in [5.41, 5.74) is -0.0272. The number of nitro benzene ring substituents is 1. The van der Waals surface area contributed by atoms with Crippen molar-refractivity contribution in [2.75, 3.05) is 51.2 Å². The van der Waals surface area contributed by atoms with Gasteiger partial charge >= 0.3 is 5.69 Å². The first-order valence-electron chi connectivity index (χ1n) is 9.05. The first kappa shape index (κ1) is 19.8. The minimum Gasteiger partial charge on any atom is -0.485 e. The van der Waals surface area contributed by atoms with Crippen molar-refractivity contribution >= 4 is 17.4 Å². The number of piperazine rings is 1. The van der Waals surface area contributed by atoms with E-state index in [0.717, 1.165) is 26.2 Å². The number of hydrogen-bond acceptors (Lipinski definition) is 8. The van der Waals surface area contributed by atoms with E-state index in [-0.39, 0.29) is 17.3 Å². The van der Waals surface area contributed by atoms with Gasteiger partial charge in [0.15, 0.2) is 11.6 Å². The first-order valence-corrected chi connectivity index (χ1v) is 9.05. The molecule has 1 fully saturated rings. The Morgan fingerprint density at radius 1 is 1.29 bits per heavy atom. The summed E-state index contributed by atoms with van der Waals surface area (Å²) < 4.78 is 10.5. The quantitative estimate of drug-likeness (QED) is 0.534. The third-order valence-electron chi connectivity index (χ3n) is 4.45. The van der Waals surface area contributed by atoms with Gasteiger partial charge in [0.05, 0.1) is 11.5 Å². The third-order valence-corrected chi connectivity index (χ3v) is 4.45. The van der Waals surface area contributed by atoms with Crippen molar-refractivity contribution in [2.24, 2.45) is 0 Å². The summed E-state index contributed by atoms with van der Waals surface area (Å²) in [6.07, 6.45) is 0. The van der Waals surface area contributed by atoms with Crippen molar-refractivity contribution in [2.45, 2.75) is 6.92 Å². The number of nitrogens with zero attached hydrogens (tertiary/aromatic N) is 4. The van der Waals surface area contributed by atoms with Crippen LogP contribution in [0.1, 0.15) is 5.76 Å². The van der Waals surface area contributed by atoms with Crippen LogP contribution in [0.4, 0.5) is 11.5 Å². The summed E-state index contributed by atoms with van der Waals surface area (Å²) >= 11 is 0. The molecule has 28 heavy (non-hydrogen) atoms. The Hall–Kier alpha value is -2.98. The van der Waals surface area contributed by atoms with E-state index >= 15 is 0 Å². The number of benzene rings is 1. The molecule has 0 atom stereocenters. The Balaban J connectivity index is 1.36. The van der Waals surface area contributed by atoms with Crippen molar-refractivity contribution in [3.63, 3.8) is 0 Å². The summed E-state index contributed by atoms with van der Waals surface area (Å²) in [5.74, 6) is 1.23. The summed E-state index contributed by atoms with van der Waals surface area (Å²) in [5, 5.41) is 17.5. The van der Waals surface area contributed by atoms with E-state index in [2.05, 4.69) is 20.3 Å². The fourth-order valence-electron chi connectivity index (χ4n) is 3.00. The van der Waals surface area contributed by atoms with Crippen molar-refractivity contribution in [3.05, 3.63) is 46.2 Å². The van der Waals surface area contributed by atoms with Crippen molar-refractivity contribution in [1.29, 1.82) is 0 Å². The number of carbonyl (C=O) groups is 1. The highest BCUT2D eigenvalue weighted by molar-refractivity contribution is 5.91. The lowest BCUT2D eigenvalue weighted by molar-refractivity contribution is -0.385. The average molecular weight is 389 g/mol. The zero-order valence-corrected chi connectivity index (χ0v) is 15.7. The molecule has 0 bridgehead atoms. The third kappa shape index (κ3) is 5.51. The van der Waals surface area contributed by atoms with Gasteiger partial charge in [-0.25, -0.2) is 0 Å². The van der Waals surface area contributed by atoms with E-state index in [1.54, 1.807) is 31.2 Å². The lowest BCUT2D eigenvalue weighted by atomic mass is 10.3. The molecule has 0 spiro atoms. The molecule has 10 nitrogen and oxygen atoms in total. The molecule has 0 radical (unpaired) electrons. The van der Waals surface area contributed by atoms with E-state index in [4.69, 9.17) is 9.26 Å². The predicted octanol–water partition coefficient (Wildman–Crippen LogP) is 1.53. The van der Waals surface area contributed by atoms with E-state index < -0.39 is 4.92 Å². The monoisotopic (exact) mass is 389 g/mol. The van der Waals surface area contributed by atoms with E-state index in [9.17, 15) is 14.9 Å². The SMILES string of the molecule is Cc1cc(NC(=O)CN2CCN(CCOc3ccccc3[N+](=O)[O-])CC2)no1. The van der Waals surface area contributed by atoms with Gasteiger partial charge < -0.3 is 14.6 Å². The molecule has 1 aliphatic heterocycles. The molecule has 1 amide bonds. The number of para-hydroxylation sites is 2. The second-order valence-electron chi connectivity index (χ2n) is 6.56. The summed E-state index contributed by atoms with van der Waals surface area (Å²) in [4.78, 5) is 26.9. The van der Waals surface area contributed by atoms with Gasteiger partial charge in [0, 0.05) is 44.9 Å². The standard InChI is InChI=1S/C18H23N5O5/c1-14-12-17(20-28-14)19-18(24)13-22-8-6-21(7-9-22)10-11-27-16-5-3-2-4-15(16)23(25)26/h2-5,12H,6-11,13H2,1H3,(H,19,20,24). The minimum absolute atomic E-state index is 0.0272. The number of nitro groups is 1. The number of amides is 1. The zero-order chi connectivity index (χ0) is 19.9. The van der Waals surface area contributed by atoms with Crippen molar-refractivity contribution < 1.29 is 19.0 Å². The summed E-state index contributed by atoms with van der Waals surface area (Å²) in [6.45, 7) is 6.23. The van der Waals surface area contributed by atoms with E-state index in [1.165, 1.54) is 6.07 Å². The van der Waals surface area contributed by atoms with E-state index in [0.29, 0.717) is 31.3 Å². The maximum absolute atomic E-state index is 12.1. The minimum atomic E-state index is -0.445. The second-order valence-corrected chi connectivity index (χ2v) is 6.56. The molecule has 0 saturated carbocycles. The first-order chi connectivity index (χ1) is 13.5. The lowest BCUT2D eigenvalue weighted by Gasteiger charge is -2.34. The fourth-order valence-corrected chi connectivity index (χ4v) is 3.00. The van der Waals surface area contributed by atoms with Gasteiger partial charge in [0.2, 0.25) is 5.91 Å². The van der Waals surface area contributed by atoms with Crippen molar-refractivity contribution in [3.8, 4) is 5.75 Å². The number of aromatic nitrogens is 1. The highest BCUT2D eigenvalue weighted by Gasteiger charge is 2.20. The van der Waals surface area contributed by atoms with Gasteiger partial charge in [-0.3, -0.25) is 24.7 Å². The zero-order valence-electron chi connectivity index (χ0n) is 15.7. The summed E-state index contributed by atoms with van der Waals surface area (Å²) in [7, 11) is 0. The maximum Gasteiger partial charge on any atom is 0.310 e. The Morgan fingerprint density at radius 2 is 2.00 bits per heavy atom. The molecular weight excluding hydrogens is 366 g/mol. The predicted molar refractivity (Wildman–Crippen MR) is 101 cm³/mol. The van der Waals surface area contributed by atoms with Crippen LogP contribution in [0, 0.1) is 17.0 Å². The summed E-state index contributed by atoms with van der Waals surface area (Å²) in [6, 6.07) is 8.04. The van der Waals surface area contributed by atoms with Crippen LogP contribution in [0.15, 0.2) is 34.9 Å². The molecule has 3 rings (SSSR count). The van der Waals surface area contributed by atoms with Crippen LogP contribution >= 0.6 is 0 Å². The molecule has 1 saturated heterocycles. The molecule has 1 aliphatic rings.